The molecule has 0 aliphatic heterocycles. The van der Waals surface area contributed by atoms with Gasteiger partial charge in [0, 0.05) is 23.9 Å². The van der Waals surface area contributed by atoms with Gasteiger partial charge in [0.2, 0.25) is 5.89 Å². The van der Waals surface area contributed by atoms with Crippen molar-refractivity contribution in [3.63, 3.8) is 0 Å². The Kier molecular flexibility index (Phi) is 5.93. The van der Waals surface area contributed by atoms with Crippen LogP contribution >= 0.6 is 0 Å². The highest BCUT2D eigenvalue weighted by molar-refractivity contribution is 5.95. The summed E-state index contributed by atoms with van der Waals surface area (Å²) < 4.78 is 7.47. The van der Waals surface area contributed by atoms with Crippen LogP contribution in [0.1, 0.15) is 82.7 Å². The van der Waals surface area contributed by atoms with Crippen LogP contribution in [0, 0.1) is 18.3 Å². The minimum Gasteiger partial charge on any atom is -0.420 e. The molecule has 1 N–H and O–H groups in total. The molecule has 33 heavy (non-hydrogen) atoms. The quantitative estimate of drug-likeness (QED) is 0.570. The Morgan fingerprint density at radius 2 is 1.94 bits per heavy atom. The van der Waals surface area contributed by atoms with E-state index in [-0.39, 0.29) is 22.8 Å². The molecule has 1 saturated carbocycles. The third-order valence-corrected chi connectivity index (χ3v) is 6.30. The molecule has 2 unspecified atom stereocenters. The molecular formula is C26H35N5O2. The molecule has 7 heteroatoms. The van der Waals surface area contributed by atoms with Gasteiger partial charge in [-0.15, -0.1) is 10.2 Å². The zero-order valence-corrected chi connectivity index (χ0v) is 20.8. The molecule has 2 heterocycles. The van der Waals surface area contributed by atoms with Gasteiger partial charge in [-0.3, -0.25) is 4.79 Å². The number of aromatic nitrogens is 4. The van der Waals surface area contributed by atoms with Crippen LogP contribution in [0.3, 0.4) is 0 Å². The van der Waals surface area contributed by atoms with Crippen molar-refractivity contribution in [2.24, 2.45) is 11.3 Å². The zero-order chi connectivity index (χ0) is 24.0. The molecule has 1 aliphatic rings. The first kappa shape index (κ1) is 23.2. The largest absolute Gasteiger partial charge is 0.420 e. The van der Waals surface area contributed by atoms with E-state index in [0.717, 1.165) is 24.2 Å². The van der Waals surface area contributed by atoms with E-state index >= 15 is 0 Å². The number of nitrogens with one attached hydrogen (secondary N) is 1. The lowest BCUT2D eigenvalue weighted by Crippen LogP contribution is -2.43. The fraction of sp³-hybridized carbons (Fsp3) is 0.538. The van der Waals surface area contributed by atoms with Gasteiger partial charge in [-0.2, -0.15) is 5.10 Å². The Labute approximate surface area is 196 Å². The Balaban J connectivity index is 1.63. The summed E-state index contributed by atoms with van der Waals surface area (Å²) in [5.41, 5.74) is 3.14. The van der Waals surface area contributed by atoms with E-state index in [0.29, 0.717) is 29.0 Å². The summed E-state index contributed by atoms with van der Waals surface area (Å²) in [4.78, 5) is 13.2. The van der Waals surface area contributed by atoms with E-state index in [9.17, 15) is 4.79 Å². The summed E-state index contributed by atoms with van der Waals surface area (Å²) in [6.45, 7) is 15.0. The fourth-order valence-electron chi connectivity index (χ4n) is 5.12. The molecule has 1 fully saturated rings. The molecular weight excluding hydrogens is 414 g/mol. The van der Waals surface area contributed by atoms with Crippen LogP contribution in [-0.4, -0.2) is 31.9 Å². The van der Waals surface area contributed by atoms with Crippen LogP contribution in [-0.2, 0) is 5.41 Å². The lowest BCUT2D eigenvalue weighted by Gasteiger charge is -2.39. The van der Waals surface area contributed by atoms with Crippen molar-refractivity contribution in [2.75, 3.05) is 0 Å². The van der Waals surface area contributed by atoms with Gasteiger partial charge in [-0.05, 0) is 54.9 Å². The van der Waals surface area contributed by atoms with Crippen molar-refractivity contribution < 1.29 is 9.21 Å². The Bertz CT molecular complexity index is 1150. The molecule has 0 radical (unpaired) electrons. The van der Waals surface area contributed by atoms with E-state index < -0.39 is 0 Å². The van der Waals surface area contributed by atoms with Crippen molar-refractivity contribution >= 4 is 5.91 Å². The van der Waals surface area contributed by atoms with Crippen molar-refractivity contribution in [3.05, 3.63) is 47.5 Å². The second kappa shape index (κ2) is 8.43. The Hall–Kier alpha value is -2.96. The average molecular weight is 450 g/mol. The fourth-order valence-corrected chi connectivity index (χ4v) is 5.12. The van der Waals surface area contributed by atoms with Crippen molar-refractivity contribution in [1.29, 1.82) is 0 Å². The molecule has 176 valence electrons. The number of hydrogen-bond acceptors (Lipinski definition) is 5. The first-order valence-electron chi connectivity index (χ1n) is 11.7. The van der Waals surface area contributed by atoms with E-state index in [4.69, 9.17) is 9.52 Å². The topological polar surface area (TPSA) is 85.8 Å². The highest BCUT2D eigenvalue weighted by atomic mass is 16.4. The molecule has 7 nitrogen and oxygen atoms in total. The summed E-state index contributed by atoms with van der Waals surface area (Å²) in [6, 6.07) is 9.81. The number of hydrogen-bond donors (Lipinski definition) is 1. The van der Waals surface area contributed by atoms with Gasteiger partial charge in [0.15, 0.2) is 0 Å². The third-order valence-electron chi connectivity index (χ3n) is 6.30. The Morgan fingerprint density at radius 3 is 2.58 bits per heavy atom. The summed E-state index contributed by atoms with van der Waals surface area (Å²) in [5, 5.41) is 16.1. The summed E-state index contributed by atoms with van der Waals surface area (Å²) in [6.07, 6.45) is 3.23. The van der Waals surface area contributed by atoms with Gasteiger partial charge in [-0.1, -0.05) is 47.6 Å². The Morgan fingerprint density at radius 1 is 1.18 bits per heavy atom. The normalized spacial score (nSPS) is 20.6. The molecule has 1 aromatic carbocycles. The maximum Gasteiger partial charge on any atom is 0.268 e. The van der Waals surface area contributed by atoms with Gasteiger partial charge in [0.1, 0.15) is 5.69 Å². The van der Waals surface area contributed by atoms with Crippen molar-refractivity contribution in [3.8, 4) is 17.3 Å². The average Bonchev–Trinajstić information content (AvgIpc) is 3.32. The van der Waals surface area contributed by atoms with Crippen LogP contribution in [0.15, 0.2) is 34.7 Å². The number of amides is 1. The van der Waals surface area contributed by atoms with Crippen LogP contribution in [0.4, 0.5) is 0 Å². The van der Waals surface area contributed by atoms with Crippen molar-refractivity contribution in [2.45, 2.75) is 79.2 Å². The summed E-state index contributed by atoms with van der Waals surface area (Å²) >= 11 is 0. The number of rotatable bonds is 4. The molecule has 3 aromatic rings. The SMILES string of the molecule is Cc1nnc(-c2cc(C(C)(C)C)n(-c3cccc(C(=O)NC4CC(C)CC(C)(C)C4)c3)n2)o1. The predicted octanol–water partition coefficient (Wildman–Crippen LogP) is 5.47. The van der Waals surface area contributed by atoms with E-state index in [1.807, 2.05) is 35.0 Å². The van der Waals surface area contributed by atoms with E-state index in [1.54, 1.807) is 6.92 Å². The van der Waals surface area contributed by atoms with Crippen LogP contribution in [0.25, 0.3) is 17.3 Å². The first-order valence-corrected chi connectivity index (χ1v) is 11.7. The van der Waals surface area contributed by atoms with Gasteiger partial charge in [0.05, 0.1) is 11.4 Å². The second-order valence-corrected chi connectivity index (χ2v) is 11.3. The maximum absolute atomic E-state index is 13.2. The van der Waals surface area contributed by atoms with E-state index in [2.05, 4.69) is 57.1 Å². The molecule has 0 spiro atoms. The first-order chi connectivity index (χ1) is 15.4. The predicted molar refractivity (Wildman–Crippen MR) is 128 cm³/mol. The molecule has 0 bridgehead atoms. The standard InChI is InChI=1S/C26H35N5O2/c1-16-11-19(15-26(6,7)14-16)27-23(32)18-9-8-10-20(12-18)31-22(25(3,4)5)13-21(30-31)24-29-28-17(2)33-24/h8-10,12-13,16,19H,11,14-15H2,1-7H3,(H,27,32). The van der Waals surface area contributed by atoms with E-state index in [1.165, 1.54) is 6.42 Å². The highest BCUT2D eigenvalue weighted by Gasteiger charge is 2.33. The van der Waals surface area contributed by atoms with Gasteiger partial charge in [0.25, 0.3) is 11.8 Å². The molecule has 4 rings (SSSR count). The third kappa shape index (κ3) is 5.18. The molecule has 1 aliphatic carbocycles. The molecule has 0 saturated heterocycles. The number of carbonyl (C=O) groups is 1. The number of nitrogens with zero attached hydrogens (tertiary/aromatic N) is 4. The van der Waals surface area contributed by atoms with Crippen molar-refractivity contribution in [1.82, 2.24) is 25.3 Å². The number of benzene rings is 1. The number of aryl methyl sites for hydroxylation is 1. The zero-order valence-electron chi connectivity index (χ0n) is 20.8. The molecule has 2 aromatic heterocycles. The monoisotopic (exact) mass is 449 g/mol. The minimum atomic E-state index is -0.178. The maximum atomic E-state index is 13.2. The summed E-state index contributed by atoms with van der Waals surface area (Å²) in [7, 11) is 0. The smallest absolute Gasteiger partial charge is 0.268 e. The second-order valence-electron chi connectivity index (χ2n) is 11.3. The lowest BCUT2D eigenvalue weighted by atomic mass is 9.70. The highest BCUT2D eigenvalue weighted by Crippen LogP contribution is 2.38. The van der Waals surface area contributed by atoms with Gasteiger partial charge in [-0.25, -0.2) is 4.68 Å². The minimum absolute atomic E-state index is 0.0380. The van der Waals surface area contributed by atoms with Crippen LogP contribution in [0.2, 0.25) is 0 Å². The van der Waals surface area contributed by atoms with Gasteiger partial charge < -0.3 is 9.73 Å². The summed E-state index contributed by atoms with van der Waals surface area (Å²) in [5.74, 6) is 1.45. The lowest BCUT2D eigenvalue weighted by molar-refractivity contribution is 0.0874. The molecule has 1 amide bonds. The molecule has 2 atom stereocenters. The van der Waals surface area contributed by atoms with Crippen LogP contribution in [0.5, 0.6) is 0 Å². The van der Waals surface area contributed by atoms with Gasteiger partial charge >= 0.3 is 0 Å². The van der Waals surface area contributed by atoms with Crippen LogP contribution < -0.4 is 5.32 Å². The number of carbonyl (C=O) groups excluding carboxylic acids is 1.